The number of carbonyl (C=O) groups is 1. The van der Waals surface area contributed by atoms with Gasteiger partial charge in [0.15, 0.2) is 5.78 Å². The van der Waals surface area contributed by atoms with Crippen LogP contribution in [0.3, 0.4) is 0 Å². The largest absolute Gasteiger partial charge is 0.289 e. The number of benzene rings is 2. The molecule has 1 N–H and O–H groups in total. The predicted octanol–water partition coefficient (Wildman–Crippen LogP) is 3.08. The SMILES string of the molecule is CS(=O)(=O)Nc1ccc(C(=O)c2cccc(F)c2Cl)cc1. The lowest BCUT2D eigenvalue weighted by Crippen LogP contribution is -2.10. The maximum absolute atomic E-state index is 13.3. The molecule has 0 saturated heterocycles. The van der Waals surface area contributed by atoms with Crippen LogP contribution in [0.25, 0.3) is 0 Å². The van der Waals surface area contributed by atoms with E-state index >= 15 is 0 Å². The van der Waals surface area contributed by atoms with E-state index in [1.54, 1.807) is 0 Å². The highest BCUT2D eigenvalue weighted by atomic mass is 35.5. The molecule has 0 bridgehead atoms. The Morgan fingerprint density at radius 1 is 1.14 bits per heavy atom. The normalized spacial score (nSPS) is 11.2. The summed E-state index contributed by atoms with van der Waals surface area (Å²) in [6.07, 6.45) is 1.03. The van der Waals surface area contributed by atoms with Gasteiger partial charge in [-0.25, -0.2) is 12.8 Å². The zero-order valence-electron chi connectivity index (χ0n) is 10.9. The molecule has 4 nitrogen and oxygen atoms in total. The van der Waals surface area contributed by atoms with Crippen LogP contribution in [0.1, 0.15) is 15.9 Å². The second kappa shape index (κ2) is 5.83. The minimum absolute atomic E-state index is 0.0560. The van der Waals surface area contributed by atoms with Crippen LogP contribution in [0.15, 0.2) is 42.5 Å². The first-order chi connectivity index (χ1) is 9.78. The van der Waals surface area contributed by atoms with Crippen LogP contribution >= 0.6 is 11.6 Å². The lowest BCUT2D eigenvalue weighted by atomic mass is 10.0. The third-order valence-corrected chi connectivity index (χ3v) is 3.64. The predicted molar refractivity (Wildman–Crippen MR) is 79.8 cm³/mol. The Balaban J connectivity index is 2.30. The fourth-order valence-corrected chi connectivity index (χ4v) is 2.51. The summed E-state index contributed by atoms with van der Waals surface area (Å²) in [6.45, 7) is 0. The van der Waals surface area contributed by atoms with Crippen molar-refractivity contribution in [3.05, 3.63) is 64.4 Å². The number of anilines is 1. The number of halogens is 2. The molecule has 0 aliphatic heterocycles. The fraction of sp³-hybridized carbons (Fsp3) is 0.0714. The summed E-state index contributed by atoms with van der Waals surface area (Å²) in [5.74, 6) is -1.11. The van der Waals surface area contributed by atoms with Gasteiger partial charge in [-0.2, -0.15) is 0 Å². The molecule has 0 spiro atoms. The van der Waals surface area contributed by atoms with Crippen molar-refractivity contribution in [3.63, 3.8) is 0 Å². The van der Waals surface area contributed by atoms with E-state index in [0.717, 1.165) is 12.3 Å². The van der Waals surface area contributed by atoms with Crippen molar-refractivity contribution in [2.24, 2.45) is 0 Å². The highest BCUT2D eigenvalue weighted by molar-refractivity contribution is 7.92. The summed E-state index contributed by atoms with van der Waals surface area (Å²) in [6, 6.07) is 9.76. The average molecular weight is 328 g/mol. The molecule has 7 heteroatoms. The average Bonchev–Trinajstić information content (AvgIpc) is 2.40. The van der Waals surface area contributed by atoms with Crippen molar-refractivity contribution in [3.8, 4) is 0 Å². The molecular weight excluding hydrogens is 317 g/mol. The van der Waals surface area contributed by atoms with Gasteiger partial charge in [0.25, 0.3) is 0 Å². The van der Waals surface area contributed by atoms with Crippen molar-refractivity contribution >= 4 is 33.1 Å². The quantitative estimate of drug-likeness (QED) is 0.878. The highest BCUT2D eigenvalue weighted by Gasteiger charge is 2.15. The number of rotatable bonds is 4. The third-order valence-electron chi connectivity index (χ3n) is 2.65. The number of carbonyl (C=O) groups excluding carboxylic acids is 1. The van der Waals surface area contributed by atoms with Crippen molar-refractivity contribution in [1.29, 1.82) is 0 Å². The number of nitrogens with one attached hydrogen (secondary N) is 1. The van der Waals surface area contributed by atoms with Gasteiger partial charge >= 0.3 is 0 Å². The monoisotopic (exact) mass is 327 g/mol. The van der Waals surface area contributed by atoms with Gasteiger partial charge in [0.2, 0.25) is 10.0 Å². The van der Waals surface area contributed by atoms with Gasteiger partial charge in [0.05, 0.1) is 11.3 Å². The molecular formula is C14H11ClFNO3S. The molecule has 0 fully saturated rings. The Bertz CT molecular complexity index is 788. The van der Waals surface area contributed by atoms with Crippen LogP contribution < -0.4 is 4.72 Å². The lowest BCUT2D eigenvalue weighted by Gasteiger charge is -2.06. The first-order valence-electron chi connectivity index (χ1n) is 5.84. The van der Waals surface area contributed by atoms with Crippen LogP contribution in [0.5, 0.6) is 0 Å². The van der Waals surface area contributed by atoms with E-state index in [2.05, 4.69) is 4.72 Å². The summed E-state index contributed by atoms with van der Waals surface area (Å²) in [4.78, 5) is 12.2. The van der Waals surface area contributed by atoms with Crippen LogP contribution in [-0.4, -0.2) is 20.5 Å². The standard InChI is InChI=1S/C14H11ClFNO3S/c1-21(19,20)17-10-7-5-9(6-8-10)14(18)11-3-2-4-12(16)13(11)15/h2-8,17H,1H3. The Hall–Kier alpha value is -1.92. The molecule has 2 rings (SSSR count). The summed E-state index contributed by atoms with van der Waals surface area (Å²) in [5.41, 5.74) is 0.668. The summed E-state index contributed by atoms with van der Waals surface area (Å²) < 4.78 is 37.8. The maximum atomic E-state index is 13.3. The molecule has 2 aromatic carbocycles. The van der Waals surface area contributed by atoms with Gasteiger partial charge in [-0.3, -0.25) is 9.52 Å². The van der Waals surface area contributed by atoms with Crippen LogP contribution in [0.4, 0.5) is 10.1 Å². The highest BCUT2D eigenvalue weighted by Crippen LogP contribution is 2.23. The second-order valence-electron chi connectivity index (χ2n) is 4.38. The summed E-state index contributed by atoms with van der Waals surface area (Å²) in [5, 5.41) is -0.235. The fourth-order valence-electron chi connectivity index (χ4n) is 1.74. The second-order valence-corrected chi connectivity index (χ2v) is 6.51. The Morgan fingerprint density at radius 3 is 2.33 bits per heavy atom. The molecule has 110 valence electrons. The zero-order valence-corrected chi connectivity index (χ0v) is 12.5. The molecule has 0 radical (unpaired) electrons. The van der Waals surface area contributed by atoms with Gasteiger partial charge in [-0.15, -0.1) is 0 Å². The zero-order chi connectivity index (χ0) is 15.6. The van der Waals surface area contributed by atoms with Crippen molar-refractivity contribution < 1.29 is 17.6 Å². The van der Waals surface area contributed by atoms with Crippen molar-refractivity contribution in [2.75, 3.05) is 11.0 Å². The molecule has 0 aliphatic carbocycles. The van der Waals surface area contributed by atoms with Gasteiger partial charge in [0, 0.05) is 16.8 Å². The number of hydrogen-bond acceptors (Lipinski definition) is 3. The van der Waals surface area contributed by atoms with E-state index in [1.165, 1.54) is 36.4 Å². The number of hydrogen-bond donors (Lipinski definition) is 1. The summed E-state index contributed by atoms with van der Waals surface area (Å²) in [7, 11) is -3.38. The third kappa shape index (κ3) is 3.80. The van der Waals surface area contributed by atoms with E-state index in [9.17, 15) is 17.6 Å². The molecule has 0 aliphatic rings. The van der Waals surface area contributed by atoms with E-state index in [-0.39, 0.29) is 16.1 Å². The molecule has 0 atom stereocenters. The molecule has 0 amide bonds. The molecule has 0 heterocycles. The minimum Gasteiger partial charge on any atom is -0.289 e. The van der Waals surface area contributed by atoms with Crippen LogP contribution in [0.2, 0.25) is 5.02 Å². The van der Waals surface area contributed by atoms with Crippen molar-refractivity contribution in [1.82, 2.24) is 0 Å². The molecule has 0 saturated carbocycles. The van der Waals surface area contributed by atoms with Crippen LogP contribution in [0, 0.1) is 5.82 Å². The van der Waals surface area contributed by atoms with Gasteiger partial charge in [-0.1, -0.05) is 17.7 Å². The van der Waals surface area contributed by atoms with Gasteiger partial charge < -0.3 is 0 Å². The maximum Gasteiger partial charge on any atom is 0.229 e. The van der Waals surface area contributed by atoms with E-state index in [4.69, 9.17) is 11.6 Å². The summed E-state index contributed by atoms with van der Waals surface area (Å²) >= 11 is 5.77. The molecule has 21 heavy (non-hydrogen) atoms. The van der Waals surface area contributed by atoms with Gasteiger partial charge in [-0.05, 0) is 36.4 Å². The minimum atomic E-state index is -3.38. The number of sulfonamides is 1. The van der Waals surface area contributed by atoms with E-state index < -0.39 is 21.6 Å². The Labute approximate surface area is 126 Å². The van der Waals surface area contributed by atoms with Crippen LogP contribution in [-0.2, 0) is 10.0 Å². The number of ketones is 1. The first kappa shape index (κ1) is 15.5. The lowest BCUT2D eigenvalue weighted by molar-refractivity contribution is 0.103. The molecule has 0 unspecified atom stereocenters. The van der Waals surface area contributed by atoms with Gasteiger partial charge in [0.1, 0.15) is 5.82 Å². The van der Waals surface area contributed by atoms with Crippen molar-refractivity contribution in [2.45, 2.75) is 0 Å². The first-order valence-corrected chi connectivity index (χ1v) is 8.11. The molecule has 2 aromatic rings. The molecule has 0 aromatic heterocycles. The topological polar surface area (TPSA) is 63.2 Å². The van der Waals surface area contributed by atoms with E-state index in [1.807, 2.05) is 0 Å². The Morgan fingerprint density at radius 2 is 1.76 bits per heavy atom. The van der Waals surface area contributed by atoms with E-state index in [0.29, 0.717) is 5.69 Å². The smallest absolute Gasteiger partial charge is 0.229 e. The Kier molecular flexibility index (Phi) is 4.29.